The molecule has 2 aromatic carbocycles. The molecule has 5 nitrogen and oxygen atoms in total. The van der Waals surface area contributed by atoms with Gasteiger partial charge in [-0.2, -0.15) is 0 Å². The SMILES string of the molecule is CN(C)c1ccc(NC(=O)CCc2ccc3c(c2)OCCO3)cc1. The van der Waals surface area contributed by atoms with Gasteiger partial charge in [-0.05, 0) is 48.4 Å². The standard InChI is InChI=1S/C19H22N2O3/c1-21(2)16-7-5-15(6-8-16)20-19(22)10-4-14-3-9-17-18(13-14)24-12-11-23-17/h3,5-9,13H,4,10-12H2,1-2H3,(H,20,22). The van der Waals surface area contributed by atoms with Crippen molar-refractivity contribution in [1.82, 2.24) is 0 Å². The minimum atomic E-state index is 0.00231. The van der Waals surface area contributed by atoms with E-state index in [2.05, 4.69) is 5.32 Å². The molecule has 1 N–H and O–H groups in total. The van der Waals surface area contributed by atoms with Crippen molar-refractivity contribution in [2.45, 2.75) is 12.8 Å². The van der Waals surface area contributed by atoms with E-state index in [0.29, 0.717) is 26.1 Å². The summed E-state index contributed by atoms with van der Waals surface area (Å²) in [5, 5.41) is 2.93. The highest BCUT2D eigenvalue weighted by Crippen LogP contribution is 2.31. The summed E-state index contributed by atoms with van der Waals surface area (Å²) in [7, 11) is 3.97. The minimum absolute atomic E-state index is 0.00231. The van der Waals surface area contributed by atoms with E-state index in [0.717, 1.165) is 28.4 Å². The van der Waals surface area contributed by atoms with Gasteiger partial charge in [0.15, 0.2) is 11.5 Å². The Balaban J connectivity index is 1.53. The molecule has 1 aliphatic heterocycles. The fourth-order valence-corrected chi connectivity index (χ4v) is 2.57. The van der Waals surface area contributed by atoms with E-state index in [4.69, 9.17) is 9.47 Å². The van der Waals surface area contributed by atoms with Gasteiger partial charge < -0.3 is 19.7 Å². The molecule has 1 aliphatic rings. The Bertz CT molecular complexity index is 711. The molecule has 0 spiro atoms. The number of amides is 1. The van der Waals surface area contributed by atoms with E-state index >= 15 is 0 Å². The lowest BCUT2D eigenvalue weighted by Gasteiger charge is -2.18. The second-order valence-corrected chi connectivity index (χ2v) is 5.97. The van der Waals surface area contributed by atoms with Crippen LogP contribution in [-0.4, -0.2) is 33.2 Å². The molecule has 126 valence electrons. The largest absolute Gasteiger partial charge is 0.486 e. The molecule has 0 atom stereocenters. The average molecular weight is 326 g/mol. The predicted molar refractivity (Wildman–Crippen MR) is 95.2 cm³/mol. The fourth-order valence-electron chi connectivity index (χ4n) is 2.57. The van der Waals surface area contributed by atoms with E-state index in [9.17, 15) is 4.79 Å². The van der Waals surface area contributed by atoms with Crippen LogP contribution in [0.4, 0.5) is 11.4 Å². The fraction of sp³-hybridized carbons (Fsp3) is 0.316. The normalized spacial score (nSPS) is 12.6. The summed E-state index contributed by atoms with van der Waals surface area (Å²) in [4.78, 5) is 14.1. The van der Waals surface area contributed by atoms with Crippen LogP contribution >= 0.6 is 0 Å². The van der Waals surface area contributed by atoms with Crippen LogP contribution in [0.1, 0.15) is 12.0 Å². The minimum Gasteiger partial charge on any atom is -0.486 e. The van der Waals surface area contributed by atoms with Gasteiger partial charge in [0.1, 0.15) is 13.2 Å². The van der Waals surface area contributed by atoms with Gasteiger partial charge in [0, 0.05) is 31.9 Å². The van der Waals surface area contributed by atoms with Gasteiger partial charge >= 0.3 is 0 Å². The third-order valence-electron chi connectivity index (χ3n) is 3.91. The number of aryl methyl sites for hydroxylation is 1. The molecule has 1 heterocycles. The highest BCUT2D eigenvalue weighted by Gasteiger charge is 2.12. The maximum atomic E-state index is 12.1. The molecule has 1 amide bonds. The van der Waals surface area contributed by atoms with Crippen LogP contribution in [0.25, 0.3) is 0 Å². The molecular weight excluding hydrogens is 304 g/mol. The number of hydrogen-bond donors (Lipinski definition) is 1. The van der Waals surface area contributed by atoms with E-state index in [1.54, 1.807) is 0 Å². The number of hydrogen-bond acceptors (Lipinski definition) is 4. The van der Waals surface area contributed by atoms with Crippen LogP contribution in [0.3, 0.4) is 0 Å². The number of anilines is 2. The van der Waals surface area contributed by atoms with Crippen molar-refractivity contribution < 1.29 is 14.3 Å². The van der Waals surface area contributed by atoms with Crippen molar-refractivity contribution in [2.24, 2.45) is 0 Å². The molecule has 2 aromatic rings. The van der Waals surface area contributed by atoms with Gasteiger partial charge in [-0.1, -0.05) is 6.07 Å². The first-order valence-corrected chi connectivity index (χ1v) is 8.07. The number of nitrogens with one attached hydrogen (secondary N) is 1. The number of rotatable bonds is 5. The molecule has 0 saturated heterocycles. The summed E-state index contributed by atoms with van der Waals surface area (Å²) in [5.41, 5.74) is 2.98. The summed E-state index contributed by atoms with van der Waals surface area (Å²) in [6, 6.07) is 13.6. The van der Waals surface area contributed by atoms with Gasteiger partial charge in [0.25, 0.3) is 0 Å². The maximum absolute atomic E-state index is 12.1. The van der Waals surface area contributed by atoms with Gasteiger partial charge in [-0.25, -0.2) is 0 Å². The summed E-state index contributed by atoms with van der Waals surface area (Å²) in [6.45, 7) is 1.15. The van der Waals surface area contributed by atoms with Gasteiger partial charge in [-0.3, -0.25) is 4.79 Å². The average Bonchev–Trinajstić information content (AvgIpc) is 2.60. The molecule has 0 aromatic heterocycles. The lowest BCUT2D eigenvalue weighted by atomic mass is 10.1. The lowest BCUT2D eigenvalue weighted by Crippen LogP contribution is -2.16. The number of carbonyl (C=O) groups is 1. The van der Waals surface area contributed by atoms with Crippen LogP contribution in [0, 0.1) is 0 Å². The monoisotopic (exact) mass is 326 g/mol. The third kappa shape index (κ3) is 3.98. The molecule has 0 bridgehead atoms. The Kier molecular flexibility index (Phi) is 4.89. The van der Waals surface area contributed by atoms with Gasteiger partial charge in [-0.15, -0.1) is 0 Å². The Morgan fingerprint density at radius 2 is 1.75 bits per heavy atom. The van der Waals surface area contributed by atoms with Gasteiger partial charge in [0.2, 0.25) is 5.91 Å². The zero-order valence-electron chi connectivity index (χ0n) is 14.0. The molecular formula is C19H22N2O3. The maximum Gasteiger partial charge on any atom is 0.224 e. The molecule has 0 fully saturated rings. The highest BCUT2D eigenvalue weighted by atomic mass is 16.6. The van der Waals surface area contributed by atoms with Crippen molar-refractivity contribution >= 4 is 17.3 Å². The summed E-state index contributed by atoms with van der Waals surface area (Å²) in [5.74, 6) is 1.54. The summed E-state index contributed by atoms with van der Waals surface area (Å²) < 4.78 is 11.1. The van der Waals surface area contributed by atoms with Crippen molar-refractivity contribution in [3.8, 4) is 11.5 Å². The van der Waals surface area contributed by atoms with E-state index in [1.807, 2.05) is 61.5 Å². The quantitative estimate of drug-likeness (QED) is 0.917. The lowest BCUT2D eigenvalue weighted by molar-refractivity contribution is -0.116. The van der Waals surface area contributed by atoms with Crippen LogP contribution < -0.4 is 19.7 Å². The van der Waals surface area contributed by atoms with Gasteiger partial charge in [0.05, 0.1) is 0 Å². The molecule has 0 saturated carbocycles. The molecule has 3 rings (SSSR count). The second kappa shape index (κ2) is 7.25. The Morgan fingerprint density at radius 1 is 1.04 bits per heavy atom. The first-order valence-electron chi connectivity index (χ1n) is 8.07. The molecule has 5 heteroatoms. The summed E-state index contributed by atoms with van der Waals surface area (Å²) in [6.07, 6.45) is 1.09. The van der Waals surface area contributed by atoms with Crippen molar-refractivity contribution in [2.75, 3.05) is 37.5 Å². The Morgan fingerprint density at radius 3 is 2.46 bits per heavy atom. The smallest absolute Gasteiger partial charge is 0.224 e. The molecule has 0 aliphatic carbocycles. The molecule has 0 unspecified atom stereocenters. The zero-order valence-corrected chi connectivity index (χ0v) is 14.0. The van der Waals surface area contributed by atoms with Crippen LogP contribution in [0.15, 0.2) is 42.5 Å². The predicted octanol–water partition coefficient (Wildman–Crippen LogP) is 3.10. The van der Waals surface area contributed by atoms with Crippen LogP contribution in [0.5, 0.6) is 11.5 Å². The number of ether oxygens (including phenoxy) is 2. The van der Waals surface area contributed by atoms with E-state index in [-0.39, 0.29) is 5.91 Å². The number of benzene rings is 2. The number of nitrogens with zero attached hydrogens (tertiary/aromatic N) is 1. The topological polar surface area (TPSA) is 50.8 Å². The van der Waals surface area contributed by atoms with Crippen molar-refractivity contribution in [1.29, 1.82) is 0 Å². The Hall–Kier alpha value is -2.69. The molecule has 0 radical (unpaired) electrons. The van der Waals surface area contributed by atoms with Crippen LogP contribution in [-0.2, 0) is 11.2 Å². The first kappa shape index (κ1) is 16.2. The molecule has 24 heavy (non-hydrogen) atoms. The highest BCUT2D eigenvalue weighted by molar-refractivity contribution is 5.91. The van der Waals surface area contributed by atoms with Crippen molar-refractivity contribution in [3.63, 3.8) is 0 Å². The summed E-state index contributed by atoms with van der Waals surface area (Å²) >= 11 is 0. The third-order valence-corrected chi connectivity index (χ3v) is 3.91. The van der Waals surface area contributed by atoms with E-state index in [1.165, 1.54) is 0 Å². The first-order chi connectivity index (χ1) is 11.6. The number of carbonyl (C=O) groups excluding carboxylic acids is 1. The van der Waals surface area contributed by atoms with E-state index < -0.39 is 0 Å². The zero-order chi connectivity index (χ0) is 16.9. The number of fused-ring (bicyclic) bond motifs is 1. The second-order valence-electron chi connectivity index (χ2n) is 5.97. The van der Waals surface area contributed by atoms with Crippen molar-refractivity contribution in [3.05, 3.63) is 48.0 Å². The Labute approximate surface area is 142 Å². The van der Waals surface area contributed by atoms with Crippen LogP contribution in [0.2, 0.25) is 0 Å².